The Hall–Kier alpha value is -4.38. The highest BCUT2D eigenvalue weighted by molar-refractivity contribution is 6.03. The van der Waals surface area contributed by atoms with E-state index in [4.69, 9.17) is 18.7 Å². The first kappa shape index (κ1) is 28.2. The molecule has 1 saturated heterocycles. The van der Waals surface area contributed by atoms with Gasteiger partial charge in [-0.05, 0) is 51.0 Å². The number of rotatable bonds is 7. The number of esters is 1. The van der Waals surface area contributed by atoms with E-state index in [0.29, 0.717) is 43.1 Å². The number of amides is 1. The van der Waals surface area contributed by atoms with Crippen LogP contribution >= 0.6 is 0 Å². The van der Waals surface area contributed by atoms with Gasteiger partial charge >= 0.3 is 12.1 Å². The Labute approximate surface area is 237 Å². The molecule has 41 heavy (non-hydrogen) atoms. The molecule has 0 radical (unpaired) electrons. The van der Waals surface area contributed by atoms with Crippen molar-refractivity contribution in [2.75, 3.05) is 26.8 Å². The highest BCUT2D eigenvalue weighted by Crippen LogP contribution is 2.32. The van der Waals surface area contributed by atoms with Crippen LogP contribution in [0.5, 0.6) is 0 Å². The minimum atomic E-state index is -0.551. The van der Waals surface area contributed by atoms with Crippen molar-refractivity contribution < 1.29 is 28.3 Å². The standard InChI is InChI=1S/C30H34N4O7/c1-18-24(27(35)32(5)41-18)20-9-7-19(8-10-20)23-15-21-11-12-31-25(28(36)38-6)26(21)34(23)13-14-39-22-16-33(17-22)29(37)40-30(2,3)4/h7-12,15,22H,13-14,16-17H2,1-6H3. The van der Waals surface area contributed by atoms with E-state index < -0.39 is 11.6 Å². The molecule has 3 aromatic heterocycles. The molecule has 11 heteroatoms. The van der Waals surface area contributed by atoms with Gasteiger partial charge in [-0.15, -0.1) is 0 Å². The summed E-state index contributed by atoms with van der Waals surface area (Å²) in [4.78, 5) is 43.3. The molecular weight excluding hydrogens is 528 g/mol. The summed E-state index contributed by atoms with van der Waals surface area (Å²) in [6.07, 6.45) is 1.13. The number of nitrogens with zero attached hydrogens (tertiary/aromatic N) is 4. The van der Waals surface area contributed by atoms with Crippen molar-refractivity contribution in [3.63, 3.8) is 0 Å². The zero-order valence-electron chi connectivity index (χ0n) is 24.1. The van der Waals surface area contributed by atoms with E-state index in [1.807, 2.05) is 61.7 Å². The van der Waals surface area contributed by atoms with Gasteiger partial charge in [0.15, 0.2) is 5.69 Å². The molecule has 11 nitrogen and oxygen atoms in total. The third-order valence-corrected chi connectivity index (χ3v) is 6.95. The van der Waals surface area contributed by atoms with Gasteiger partial charge in [0.2, 0.25) is 0 Å². The lowest BCUT2D eigenvalue weighted by molar-refractivity contribution is -0.0644. The van der Waals surface area contributed by atoms with E-state index in [-0.39, 0.29) is 23.5 Å². The zero-order chi connectivity index (χ0) is 29.5. The van der Waals surface area contributed by atoms with Crippen LogP contribution in [0.1, 0.15) is 37.0 Å². The molecule has 1 fully saturated rings. The number of aryl methyl sites for hydroxylation is 2. The van der Waals surface area contributed by atoms with Crippen LogP contribution in [0.25, 0.3) is 33.3 Å². The quantitative estimate of drug-likeness (QED) is 0.304. The predicted molar refractivity (Wildman–Crippen MR) is 152 cm³/mol. The van der Waals surface area contributed by atoms with E-state index in [9.17, 15) is 14.4 Å². The van der Waals surface area contributed by atoms with Gasteiger partial charge in [0.25, 0.3) is 5.56 Å². The molecule has 1 aromatic carbocycles. The van der Waals surface area contributed by atoms with Gasteiger partial charge in [-0.25, -0.2) is 14.6 Å². The normalized spacial score (nSPS) is 13.9. The van der Waals surface area contributed by atoms with Gasteiger partial charge in [-0.3, -0.25) is 4.79 Å². The molecule has 4 heterocycles. The van der Waals surface area contributed by atoms with Crippen molar-refractivity contribution in [2.45, 2.75) is 45.9 Å². The topological polar surface area (TPSA) is 118 Å². The molecule has 4 aromatic rings. The monoisotopic (exact) mass is 562 g/mol. The van der Waals surface area contributed by atoms with Crippen LogP contribution in [0.4, 0.5) is 4.79 Å². The number of carbonyl (C=O) groups excluding carboxylic acids is 2. The molecule has 0 unspecified atom stereocenters. The fourth-order valence-corrected chi connectivity index (χ4v) is 5.00. The number of hydrogen-bond donors (Lipinski definition) is 0. The van der Waals surface area contributed by atoms with Crippen LogP contribution < -0.4 is 5.56 Å². The summed E-state index contributed by atoms with van der Waals surface area (Å²) < 4.78 is 25.2. The average molecular weight is 563 g/mol. The van der Waals surface area contributed by atoms with Crippen molar-refractivity contribution in [1.82, 2.24) is 19.2 Å². The van der Waals surface area contributed by atoms with Gasteiger partial charge < -0.3 is 28.2 Å². The summed E-state index contributed by atoms with van der Waals surface area (Å²) in [6.45, 7) is 8.96. The summed E-state index contributed by atoms with van der Waals surface area (Å²) in [6, 6.07) is 11.5. The fourth-order valence-electron chi connectivity index (χ4n) is 5.00. The number of fused-ring (bicyclic) bond motifs is 1. The first-order valence-corrected chi connectivity index (χ1v) is 13.4. The zero-order valence-corrected chi connectivity index (χ0v) is 24.1. The lowest BCUT2D eigenvalue weighted by atomic mass is 10.0. The van der Waals surface area contributed by atoms with Crippen LogP contribution in [0.2, 0.25) is 0 Å². The third kappa shape index (κ3) is 5.62. The van der Waals surface area contributed by atoms with Crippen LogP contribution in [-0.4, -0.2) is 69.8 Å². The molecule has 216 valence electrons. The van der Waals surface area contributed by atoms with E-state index in [0.717, 1.165) is 22.2 Å². The molecule has 1 aliphatic heterocycles. The first-order chi connectivity index (χ1) is 19.5. The number of pyridine rings is 1. The van der Waals surface area contributed by atoms with Gasteiger partial charge in [0, 0.05) is 30.9 Å². The fraction of sp³-hybridized carbons (Fsp3) is 0.400. The molecule has 0 N–H and O–H groups in total. The summed E-state index contributed by atoms with van der Waals surface area (Å²) in [5.74, 6) is 0.0163. The SMILES string of the molecule is COC(=O)c1nccc2cc(-c3ccc(-c4c(C)on(C)c4=O)cc3)n(CCOC3CN(C(=O)OC(C)(C)C)C3)c12. The molecule has 0 atom stereocenters. The summed E-state index contributed by atoms with van der Waals surface area (Å²) in [5, 5.41) is 0.832. The molecule has 0 saturated carbocycles. The van der Waals surface area contributed by atoms with Crippen molar-refractivity contribution in [1.29, 1.82) is 0 Å². The number of ether oxygens (including phenoxy) is 3. The summed E-state index contributed by atoms with van der Waals surface area (Å²) in [7, 11) is 2.91. The Kier molecular flexibility index (Phi) is 7.48. The smallest absolute Gasteiger partial charge is 0.410 e. The van der Waals surface area contributed by atoms with E-state index in [1.165, 1.54) is 11.8 Å². The molecule has 0 aliphatic carbocycles. The predicted octanol–water partition coefficient (Wildman–Crippen LogP) is 4.39. The van der Waals surface area contributed by atoms with Crippen molar-refractivity contribution in [2.24, 2.45) is 7.05 Å². The van der Waals surface area contributed by atoms with E-state index >= 15 is 0 Å². The molecule has 5 rings (SSSR count). The number of hydrogen-bond acceptors (Lipinski definition) is 8. The van der Waals surface area contributed by atoms with Crippen LogP contribution in [0.3, 0.4) is 0 Å². The van der Waals surface area contributed by atoms with Gasteiger partial charge in [0.1, 0.15) is 11.4 Å². The molecule has 1 amide bonds. The van der Waals surface area contributed by atoms with Crippen molar-refractivity contribution in [3.05, 3.63) is 64.4 Å². The summed E-state index contributed by atoms with van der Waals surface area (Å²) >= 11 is 0. The minimum absolute atomic E-state index is 0.105. The lowest BCUT2D eigenvalue weighted by Gasteiger charge is -2.39. The van der Waals surface area contributed by atoms with Crippen LogP contribution in [0, 0.1) is 6.92 Å². The number of aromatic nitrogens is 3. The number of methoxy groups -OCH3 is 1. The largest absolute Gasteiger partial charge is 0.464 e. The number of likely N-dealkylation sites (tertiary alicyclic amines) is 1. The van der Waals surface area contributed by atoms with Gasteiger partial charge in [0.05, 0.1) is 44.0 Å². The Bertz CT molecular complexity index is 1650. The highest BCUT2D eigenvalue weighted by Gasteiger charge is 2.34. The first-order valence-electron chi connectivity index (χ1n) is 13.4. The Balaban J connectivity index is 1.40. The van der Waals surface area contributed by atoms with Gasteiger partial charge in [-0.2, -0.15) is 4.74 Å². The number of benzene rings is 1. The second-order valence-corrected chi connectivity index (χ2v) is 11.1. The summed E-state index contributed by atoms with van der Waals surface area (Å²) in [5.41, 5.74) is 3.12. The second kappa shape index (κ2) is 10.9. The lowest BCUT2D eigenvalue weighted by Crippen LogP contribution is -2.56. The number of carbonyl (C=O) groups is 2. The highest BCUT2D eigenvalue weighted by atomic mass is 16.6. The molecule has 0 spiro atoms. The second-order valence-electron chi connectivity index (χ2n) is 11.1. The van der Waals surface area contributed by atoms with Gasteiger partial charge in [-0.1, -0.05) is 24.3 Å². The third-order valence-electron chi connectivity index (χ3n) is 6.95. The van der Waals surface area contributed by atoms with Crippen LogP contribution in [0.15, 0.2) is 51.9 Å². The average Bonchev–Trinajstić information content (AvgIpc) is 3.39. The van der Waals surface area contributed by atoms with E-state index in [2.05, 4.69) is 4.98 Å². The van der Waals surface area contributed by atoms with Crippen molar-refractivity contribution in [3.8, 4) is 22.4 Å². The Morgan fingerprint density at radius 2 is 1.78 bits per heavy atom. The maximum atomic E-state index is 12.6. The van der Waals surface area contributed by atoms with E-state index in [1.54, 1.807) is 25.1 Å². The minimum Gasteiger partial charge on any atom is -0.464 e. The van der Waals surface area contributed by atoms with Crippen molar-refractivity contribution >= 4 is 23.0 Å². The Morgan fingerprint density at radius 3 is 2.39 bits per heavy atom. The molecular formula is C30H34N4O7. The van der Waals surface area contributed by atoms with Crippen LogP contribution in [-0.2, 0) is 27.8 Å². The maximum Gasteiger partial charge on any atom is 0.410 e. The maximum absolute atomic E-state index is 12.6. The molecule has 0 bridgehead atoms. The Morgan fingerprint density at radius 1 is 1.10 bits per heavy atom. The molecule has 1 aliphatic rings.